The summed E-state index contributed by atoms with van der Waals surface area (Å²) in [5.41, 5.74) is 3.83. The van der Waals surface area contributed by atoms with Crippen LogP contribution in [-0.2, 0) is 0 Å². The summed E-state index contributed by atoms with van der Waals surface area (Å²) in [5, 5.41) is 9.16. The molecule has 1 aromatic heterocycles. The number of rotatable bonds is 4. The molecule has 0 atom stereocenters. The van der Waals surface area contributed by atoms with Crippen LogP contribution in [-0.4, -0.2) is 10.2 Å². The fraction of sp³-hybridized carbons (Fsp3) is 0. The lowest BCUT2D eigenvalue weighted by Crippen LogP contribution is -1.79. The van der Waals surface area contributed by atoms with Crippen molar-refractivity contribution in [2.45, 2.75) is 0 Å². The standard InChI is InChI=1S/C22H14Cl2N2O/c23-19-13-12-18(14-20(19)24)22-26-25-21(27-22)17-10-8-16(9-11-17)7-6-15-4-2-1-3-5-15/h1-14H/b7-6+. The topological polar surface area (TPSA) is 38.9 Å². The lowest BCUT2D eigenvalue weighted by molar-refractivity contribution is 0.584. The molecule has 1 heterocycles. The van der Waals surface area contributed by atoms with E-state index in [9.17, 15) is 0 Å². The van der Waals surface area contributed by atoms with Gasteiger partial charge in [0.1, 0.15) is 0 Å². The van der Waals surface area contributed by atoms with Crippen LogP contribution >= 0.6 is 23.2 Å². The Morgan fingerprint density at radius 1 is 0.630 bits per heavy atom. The van der Waals surface area contributed by atoms with E-state index in [4.69, 9.17) is 27.6 Å². The average Bonchev–Trinajstić information content (AvgIpc) is 3.20. The van der Waals surface area contributed by atoms with E-state index in [1.54, 1.807) is 18.2 Å². The summed E-state index contributed by atoms with van der Waals surface area (Å²) < 4.78 is 5.78. The third kappa shape index (κ3) is 4.11. The van der Waals surface area contributed by atoms with Gasteiger partial charge in [0, 0.05) is 11.1 Å². The molecule has 5 heteroatoms. The van der Waals surface area contributed by atoms with Gasteiger partial charge in [-0.2, -0.15) is 0 Å². The molecule has 0 saturated carbocycles. The van der Waals surface area contributed by atoms with Gasteiger partial charge in [0.2, 0.25) is 11.8 Å². The molecular formula is C22H14Cl2N2O. The van der Waals surface area contributed by atoms with E-state index in [0.717, 1.165) is 22.3 Å². The number of hydrogen-bond acceptors (Lipinski definition) is 3. The van der Waals surface area contributed by atoms with Gasteiger partial charge in [-0.1, -0.05) is 77.8 Å². The molecule has 0 spiro atoms. The molecule has 4 aromatic rings. The van der Waals surface area contributed by atoms with Gasteiger partial charge in [-0.25, -0.2) is 0 Å². The average molecular weight is 393 g/mol. The summed E-state index contributed by atoms with van der Waals surface area (Å²) >= 11 is 12.0. The van der Waals surface area contributed by atoms with E-state index >= 15 is 0 Å². The quantitative estimate of drug-likeness (QED) is 0.355. The zero-order valence-electron chi connectivity index (χ0n) is 14.1. The first-order valence-electron chi connectivity index (χ1n) is 8.31. The van der Waals surface area contributed by atoms with Crippen molar-refractivity contribution in [1.82, 2.24) is 10.2 Å². The number of hydrogen-bond donors (Lipinski definition) is 0. The van der Waals surface area contributed by atoms with E-state index in [-0.39, 0.29) is 0 Å². The molecule has 27 heavy (non-hydrogen) atoms. The first-order chi connectivity index (χ1) is 13.2. The van der Waals surface area contributed by atoms with Crippen LogP contribution in [0, 0.1) is 0 Å². The maximum atomic E-state index is 6.05. The van der Waals surface area contributed by atoms with E-state index in [0.29, 0.717) is 21.8 Å². The monoisotopic (exact) mass is 392 g/mol. The second kappa shape index (κ2) is 7.78. The van der Waals surface area contributed by atoms with Crippen molar-refractivity contribution in [3.8, 4) is 22.9 Å². The summed E-state index contributed by atoms with van der Waals surface area (Å²) in [4.78, 5) is 0. The summed E-state index contributed by atoms with van der Waals surface area (Å²) in [6.07, 6.45) is 4.14. The molecule has 0 saturated heterocycles. The first kappa shape index (κ1) is 17.5. The van der Waals surface area contributed by atoms with Crippen molar-refractivity contribution in [3.05, 3.63) is 94.0 Å². The molecular weight excluding hydrogens is 379 g/mol. The molecule has 0 bridgehead atoms. The van der Waals surface area contributed by atoms with Crippen molar-refractivity contribution in [2.24, 2.45) is 0 Å². The molecule has 132 valence electrons. The molecule has 0 aliphatic rings. The van der Waals surface area contributed by atoms with E-state index in [2.05, 4.69) is 34.5 Å². The van der Waals surface area contributed by atoms with E-state index in [1.165, 1.54) is 0 Å². The van der Waals surface area contributed by atoms with Gasteiger partial charge in [-0.15, -0.1) is 10.2 Å². The van der Waals surface area contributed by atoms with Gasteiger partial charge < -0.3 is 4.42 Å². The van der Waals surface area contributed by atoms with Crippen molar-refractivity contribution in [1.29, 1.82) is 0 Å². The smallest absolute Gasteiger partial charge is 0.248 e. The van der Waals surface area contributed by atoms with Crippen LogP contribution in [0.1, 0.15) is 11.1 Å². The highest BCUT2D eigenvalue weighted by molar-refractivity contribution is 6.42. The number of aromatic nitrogens is 2. The van der Waals surface area contributed by atoms with Crippen LogP contribution in [0.15, 0.2) is 77.2 Å². The molecule has 0 aliphatic heterocycles. The summed E-state index contributed by atoms with van der Waals surface area (Å²) in [6.45, 7) is 0. The van der Waals surface area contributed by atoms with Gasteiger partial charge in [-0.3, -0.25) is 0 Å². The Hall–Kier alpha value is -2.88. The van der Waals surface area contributed by atoms with Crippen LogP contribution in [0.25, 0.3) is 35.1 Å². The summed E-state index contributed by atoms with van der Waals surface area (Å²) in [7, 11) is 0. The Morgan fingerprint density at radius 3 is 1.89 bits per heavy atom. The summed E-state index contributed by atoms with van der Waals surface area (Å²) in [6, 6.07) is 23.3. The van der Waals surface area contributed by atoms with Gasteiger partial charge in [-0.05, 0) is 41.5 Å². The minimum Gasteiger partial charge on any atom is -0.416 e. The van der Waals surface area contributed by atoms with Crippen molar-refractivity contribution < 1.29 is 4.42 Å². The molecule has 0 aliphatic carbocycles. The Morgan fingerprint density at radius 2 is 1.22 bits per heavy atom. The zero-order chi connectivity index (χ0) is 18.6. The lowest BCUT2D eigenvalue weighted by Gasteiger charge is -1.99. The molecule has 3 aromatic carbocycles. The Labute approximate surface area is 166 Å². The van der Waals surface area contributed by atoms with Gasteiger partial charge in [0.05, 0.1) is 10.0 Å². The third-order valence-electron chi connectivity index (χ3n) is 4.02. The highest BCUT2D eigenvalue weighted by atomic mass is 35.5. The molecule has 0 amide bonds. The minimum absolute atomic E-state index is 0.400. The number of halogens is 2. The highest BCUT2D eigenvalue weighted by Crippen LogP contribution is 2.29. The predicted molar refractivity (Wildman–Crippen MR) is 111 cm³/mol. The fourth-order valence-electron chi connectivity index (χ4n) is 2.58. The van der Waals surface area contributed by atoms with Gasteiger partial charge in [0.15, 0.2) is 0 Å². The normalized spacial score (nSPS) is 11.2. The maximum Gasteiger partial charge on any atom is 0.248 e. The highest BCUT2D eigenvalue weighted by Gasteiger charge is 2.11. The van der Waals surface area contributed by atoms with Gasteiger partial charge >= 0.3 is 0 Å². The lowest BCUT2D eigenvalue weighted by atomic mass is 10.1. The van der Waals surface area contributed by atoms with E-state index < -0.39 is 0 Å². The second-order valence-corrected chi connectivity index (χ2v) is 6.72. The molecule has 4 rings (SSSR count). The minimum atomic E-state index is 0.400. The molecule has 0 unspecified atom stereocenters. The third-order valence-corrected chi connectivity index (χ3v) is 4.76. The van der Waals surface area contributed by atoms with Crippen LogP contribution < -0.4 is 0 Å². The largest absolute Gasteiger partial charge is 0.416 e. The Kier molecular flexibility index (Phi) is 5.05. The van der Waals surface area contributed by atoms with Gasteiger partial charge in [0.25, 0.3) is 0 Å². The van der Waals surface area contributed by atoms with Crippen molar-refractivity contribution >= 4 is 35.4 Å². The van der Waals surface area contributed by atoms with Crippen LogP contribution in [0.5, 0.6) is 0 Å². The molecule has 3 nitrogen and oxygen atoms in total. The van der Waals surface area contributed by atoms with Crippen LogP contribution in [0.3, 0.4) is 0 Å². The van der Waals surface area contributed by atoms with Crippen molar-refractivity contribution in [2.75, 3.05) is 0 Å². The molecule has 0 fully saturated rings. The zero-order valence-corrected chi connectivity index (χ0v) is 15.7. The fourth-order valence-corrected chi connectivity index (χ4v) is 2.88. The Balaban J connectivity index is 1.53. The first-order valence-corrected chi connectivity index (χ1v) is 9.07. The van der Waals surface area contributed by atoms with Crippen LogP contribution in [0.2, 0.25) is 10.0 Å². The summed E-state index contributed by atoms with van der Waals surface area (Å²) in [5.74, 6) is 0.853. The maximum absolute atomic E-state index is 6.05. The molecule has 0 radical (unpaired) electrons. The number of benzene rings is 3. The SMILES string of the molecule is Clc1ccc(-c2nnc(-c3ccc(/C=C/c4ccccc4)cc3)o2)cc1Cl. The molecule has 0 N–H and O–H groups in total. The van der Waals surface area contributed by atoms with Crippen molar-refractivity contribution in [3.63, 3.8) is 0 Å². The Bertz CT molecular complexity index is 1090. The number of nitrogens with zero attached hydrogens (tertiary/aromatic N) is 2. The second-order valence-electron chi connectivity index (χ2n) is 5.91. The predicted octanol–water partition coefficient (Wildman–Crippen LogP) is 6.88. The van der Waals surface area contributed by atoms with E-state index in [1.807, 2.05) is 42.5 Å². The van der Waals surface area contributed by atoms with Crippen LogP contribution in [0.4, 0.5) is 0 Å².